The first-order chi connectivity index (χ1) is 17.4. The van der Waals surface area contributed by atoms with E-state index in [1.807, 2.05) is 42.5 Å². The number of dihydropyridines is 1. The Morgan fingerprint density at radius 1 is 1.00 bits per heavy atom. The van der Waals surface area contributed by atoms with Gasteiger partial charge in [-0.25, -0.2) is 13.1 Å². The minimum Gasteiger partial charge on any atom is -0.507 e. The third kappa shape index (κ3) is 5.02. The number of rotatable bonds is 7. The van der Waals surface area contributed by atoms with Crippen LogP contribution >= 0.6 is 0 Å². The van der Waals surface area contributed by atoms with Crippen LogP contribution in [0.25, 0.3) is 10.8 Å². The quantitative estimate of drug-likeness (QED) is 0.370. The second-order valence-corrected chi connectivity index (χ2v) is 10.5. The molecule has 3 aromatic carbocycles. The van der Waals surface area contributed by atoms with Crippen LogP contribution in [0.4, 0.5) is 0 Å². The van der Waals surface area contributed by atoms with Gasteiger partial charge in [0, 0.05) is 43.0 Å². The summed E-state index contributed by atoms with van der Waals surface area (Å²) in [5.74, 6) is 0.114. The van der Waals surface area contributed by atoms with Gasteiger partial charge in [0.25, 0.3) is 0 Å². The second kappa shape index (κ2) is 9.96. The van der Waals surface area contributed by atoms with Gasteiger partial charge >= 0.3 is 0 Å². The van der Waals surface area contributed by atoms with Crippen LogP contribution in [0.3, 0.4) is 0 Å². The number of phenols is 1. The van der Waals surface area contributed by atoms with Crippen LogP contribution in [0, 0.1) is 5.92 Å². The molecule has 0 amide bonds. The summed E-state index contributed by atoms with van der Waals surface area (Å²) in [5, 5.41) is 15.6. The summed E-state index contributed by atoms with van der Waals surface area (Å²) in [6, 6.07) is 19.7. The number of allylic oxidation sites excluding steroid dienone is 3. The molecule has 0 aliphatic carbocycles. The van der Waals surface area contributed by atoms with E-state index < -0.39 is 10.0 Å². The van der Waals surface area contributed by atoms with Crippen molar-refractivity contribution < 1.29 is 13.5 Å². The van der Waals surface area contributed by atoms with Gasteiger partial charge in [0.05, 0.1) is 22.0 Å². The minimum atomic E-state index is -3.66. The number of fused-ring (bicyclic) bond motifs is 2. The van der Waals surface area contributed by atoms with Crippen molar-refractivity contribution in [2.24, 2.45) is 21.6 Å². The molecule has 3 aromatic rings. The highest BCUT2D eigenvalue weighted by Gasteiger charge is 2.25. The van der Waals surface area contributed by atoms with E-state index in [1.165, 1.54) is 0 Å². The number of nitrogens with zero attached hydrogens (tertiary/aromatic N) is 2. The van der Waals surface area contributed by atoms with Crippen LogP contribution < -0.4 is 15.8 Å². The summed E-state index contributed by atoms with van der Waals surface area (Å²) in [7, 11) is -3.66. The number of hydrogen-bond acceptors (Lipinski definition) is 7. The summed E-state index contributed by atoms with van der Waals surface area (Å²) < 4.78 is 28.4. The average molecular weight is 502 g/mol. The van der Waals surface area contributed by atoms with Crippen molar-refractivity contribution >= 4 is 32.7 Å². The van der Waals surface area contributed by atoms with Gasteiger partial charge in [-0.3, -0.25) is 9.98 Å². The fourth-order valence-corrected chi connectivity index (χ4v) is 5.48. The number of aliphatic imine (C=N–C) groups is 2. The van der Waals surface area contributed by atoms with E-state index in [0.29, 0.717) is 36.5 Å². The van der Waals surface area contributed by atoms with E-state index in [1.54, 1.807) is 36.5 Å². The molecule has 0 spiro atoms. The Labute approximate surface area is 210 Å². The Kier molecular flexibility index (Phi) is 6.58. The predicted molar refractivity (Wildman–Crippen MR) is 143 cm³/mol. The fourth-order valence-electron chi connectivity index (χ4n) is 4.41. The third-order valence-corrected chi connectivity index (χ3v) is 7.70. The highest BCUT2D eigenvalue weighted by atomic mass is 32.2. The zero-order valence-corrected chi connectivity index (χ0v) is 20.4. The first kappa shape index (κ1) is 23.8. The Morgan fingerprint density at radius 2 is 1.78 bits per heavy atom. The summed E-state index contributed by atoms with van der Waals surface area (Å²) in [6.07, 6.45) is 4.12. The van der Waals surface area contributed by atoms with Gasteiger partial charge in [0.1, 0.15) is 5.75 Å². The molecule has 0 saturated carbocycles. The molecule has 2 heterocycles. The van der Waals surface area contributed by atoms with Crippen LogP contribution in [0.1, 0.15) is 12.0 Å². The number of benzene rings is 3. The molecule has 36 heavy (non-hydrogen) atoms. The van der Waals surface area contributed by atoms with Gasteiger partial charge in [0.2, 0.25) is 10.0 Å². The van der Waals surface area contributed by atoms with Crippen molar-refractivity contribution in [2.75, 3.05) is 19.6 Å². The topological polar surface area (TPSA) is 129 Å². The summed E-state index contributed by atoms with van der Waals surface area (Å²) in [4.78, 5) is 9.36. The zero-order valence-electron chi connectivity index (χ0n) is 19.6. The predicted octanol–water partition coefficient (Wildman–Crippen LogP) is 3.06. The van der Waals surface area contributed by atoms with Gasteiger partial charge in [0.15, 0.2) is 0 Å². The zero-order chi connectivity index (χ0) is 25.1. The van der Waals surface area contributed by atoms with Gasteiger partial charge in [-0.2, -0.15) is 0 Å². The average Bonchev–Trinajstić information content (AvgIpc) is 3.07. The summed E-state index contributed by atoms with van der Waals surface area (Å²) >= 11 is 0. The molecule has 0 saturated heterocycles. The lowest BCUT2D eigenvalue weighted by molar-refractivity contribution is 0.474. The number of para-hydroxylation sites is 1. The van der Waals surface area contributed by atoms with Crippen molar-refractivity contribution in [3.05, 3.63) is 95.5 Å². The number of nitrogens with two attached hydrogens (primary N) is 1. The van der Waals surface area contributed by atoms with Gasteiger partial charge < -0.3 is 16.2 Å². The second-order valence-electron chi connectivity index (χ2n) is 8.75. The van der Waals surface area contributed by atoms with E-state index in [-0.39, 0.29) is 23.1 Å². The van der Waals surface area contributed by atoms with Crippen molar-refractivity contribution in [3.8, 4) is 5.75 Å². The molecule has 0 radical (unpaired) electrons. The normalized spacial score (nSPS) is 17.8. The highest BCUT2D eigenvalue weighted by molar-refractivity contribution is 7.89. The standard InChI is InChI=1S/C27H27N5O3S/c28-24-17-29-16-20-13-21(15-25(32-27(20)24)23-7-3-4-8-26(23)33)30-11-12-31-36(34,35)22-10-9-18-5-1-2-6-19(18)14-22/h1-10,14-15,17,20,30-31,33H,11-13,16,28H2. The van der Waals surface area contributed by atoms with E-state index >= 15 is 0 Å². The Morgan fingerprint density at radius 3 is 2.61 bits per heavy atom. The minimum absolute atomic E-state index is 0.00797. The molecule has 5 N–H and O–H groups in total. The summed E-state index contributed by atoms with van der Waals surface area (Å²) in [5.41, 5.74) is 9.49. The van der Waals surface area contributed by atoms with Crippen molar-refractivity contribution in [1.82, 2.24) is 10.0 Å². The number of sulfonamides is 1. The molecule has 0 fully saturated rings. The lowest BCUT2D eigenvalue weighted by atomic mass is 9.97. The molecule has 2 aliphatic rings. The van der Waals surface area contributed by atoms with Crippen LogP contribution in [0.2, 0.25) is 0 Å². The van der Waals surface area contributed by atoms with Crippen molar-refractivity contribution in [3.63, 3.8) is 0 Å². The molecule has 5 rings (SSSR count). The largest absolute Gasteiger partial charge is 0.507 e. The Bertz CT molecular complexity index is 1540. The lowest BCUT2D eigenvalue weighted by Gasteiger charge is -2.20. The third-order valence-electron chi connectivity index (χ3n) is 6.24. The molecule has 1 atom stereocenters. The highest BCUT2D eigenvalue weighted by Crippen LogP contribution is 2.30. The SMILES string of the molecule is NC1=C2N=C(c3ccccc3O)C=C(NCCNS(=O)(=O)c3ccc4ccccc4c3)CC2CN=C1. The number of hydrogen-bond donors (Lipinski definition) is 4. The van der Waals surface area contributed by atoms with Gasteiger partial charge in [-0.1, -0.05) is 42.5 Å². The Hall–Kier alpha value is -3.95. The van der Waals surface area contributed by atoms with Crippen LogP contribution in [-0.2, 0) is 10.0 Å². The molecule has 1 unspecified atom stereocenters. The Balaban J connectivity index is 1.30. The molecule has 2 aliphatic heterocycles. The van der Waals surface area contributed by atoms with Crippen LogP contribution in [0.5, 0.6) is 5.75 Å². The van der Waals surface area contributed by atoms with Crippen molar-refractivity contribution in [2.45, 2.75) is 11.3 Å². The van der Waals surface area contributed by atoms with Crippen LogP contribution in [-0.4, -0.2) is 45.1 Å². The maximum absolute atomic E-state index is 12.8. The maximum Gasteiger partial charge on any atom is 0.240 e. The monoisotopic (exact) mass is 501 g/mol. The number of aromatic hydroxyl groups is 1. The molecule has 184 valence electrons. The first-order valence-corrected chi connectivity index (χ1v) is 13.2. The van der Waals surface area contributed by atoms with Crippen LogP contribution in [0.15, 0.2) is 105 Å². The van der Waals surface area contributed by atoms with E-state index in [4.69, 9.17) is 10.7 Å². The molecular formula is C27H27N5O3S. The van der Waals surface area contributed by atoms with E-state index in [0.717, 1.165) is 22.2 Å². The van der Waals surface area contributed by atoms with E-state index in [2.05, 4.69) is 15.0 Å². The first-order valence-electron chi connectivity index (χ1n) is 11.7. The lowest BCUT2D eigenvalue weighted by Crippen LogP contribution is -2.32. The maximum atomic E-state index is 12.8. The molecule has 0 bridgehead atoms. The fraction of sp³-hybridized carbons (Fsp3) is 0.185. The van der Waals surface area contributed by atoms with Crippen molar-refractivity contribution in [1.29, 1.82) is 0 Å². The summed E-state index contributed by atoms with van der Waals surface area (Å²) in [6.45, 7) is 1.13. The number of phenolic OH excluding ortho intramolecular Hbond substituents is 1. The molecule has 8 nitrogen and oxygen atoms in total. The number of nitrogens with one attached hydrogen (secondary N) is 2. The molecule has 9 heteroatoms. The van der Waals surface area contributed by atoms with Gasteiger partial charge in [-0.15, -0.1) is 0 Å². The molecule has 0 aromatic heterocycles. The van der Waals surface area contributed by atoms with Gasteiger partial charge in [-0.05, 0) is 47.5 Å². The smallest absolute Gasteiger partial charge is 0.240 e. The van der Waals surface area contributed by atoms with E-state index in [9.17, 15) is 13.5 Å². The molecular weight excluding hydrogens is 474 g/mol.